The predicted octanol–water partition coefficient (Wildman–Crippen LogP) is 0.978. The van der Waals surface area contributed by atoms with Gasteiger partial charge in [-0.25, -0.2) is 0 Å². The number of aliphatic carboxylic acids is 1. The second kappa shape index (κ2) is 7.08. The molecule has 1 aromatic rings. The standard InChI is InChI=1S/C12H18N2O4S/c1-3-4-9(5-11(16)17)13-10(15)6-14-8(2)7-19-12(14)18/h7,9H,3-6H2,1-2H3,(H,13,15)(H,16,17). The lowest BCUT2D eigenvalue weighted by Gasteiger charge is -2.16. The Bertz CT molecular complexity index is 506. The summed E-state index contributed by atoms with van der Waals surface area (Å²) >= 11 is 1.05. The monoisotopic (exact) mass is 286 g/mol. The smallest absolute Gasteiger partial charge is 0.307 e. The van der Waals surface area contributed by atoms with E-state index in [0.717, 1.165) is 23.5 Å². The summed E-state index contributed by atoms with van der Waals surface area (Å²) < 4.78 is 1.38. The number of nitrogens with zero attached hydrogens (tertiary/aromatic N) is 1. The minimum atomic E-state index is -0.942. The molecule has 1 rings (SSSR count). The van der Waals surface area contributed by atoms with E-state index in [1.807, 2.05) is 6.92 Å². The first kappa shape index (κ1) is 15.4. The van der Waals surface area contributed by atoms with Gasteiger partial charge in [-0.3, -0.25) is 19.0 Å². The number of thiazole rings is 1. The van der Waals surface area contributed by atoms with Gasteiger partial charge < -0.3 is 10.4 Å². The molecule has 1 heterocycles. The van der Waals surface area contributed by atoms with Crippen LogP contribution in [0.15, 0.2) is 10.2 Å². The van der Waals surface area contributed by atoms with Crippen molar-refractivity contribution in [3.05, 3.63) is 20.7 Å². The second-order valence-electron chi connectivity index (χ2n) is 4.38. The van der Waals surface area contributed by atoms with Gasteiger partial charge in [0.25, 0.3) is 0 Å². The quantitative estimate of drug-likeness (QED) is 0.782. The number of rotatable bonds is 7. The third kappa shape index (κ3) is 4.86. The molecule has 6 nitrogen and oxygen atoms in total. The number of hydrogen-bond donors (Lipinski definition) is 2. The van der Waals surface area contributed by atoms with Crippen molar-refractivity contribution in [3.8, 4) is 0 Å². The number of aryl methyl sites for hydroxylation is 1. The van der Waals surface area contributed by atoms with Gasteiger partial charge in [0.1, 0.15) is 6.54 Å². The third-order valence-corrected chi connectivity index (χ3v) is 3.58. The molecule has 0 fully saturated rings. The van der Waals surface area contributed by atoms with E-state index in [4.69, 9.17) is 5.11 Å². The molecule has 0 bridgehead atoms. The summed E-state index contributed by atoms with van der Waals surface area (Å²) in [4.78, 5) is 33.8. The van der Waals surface area contributed by atoms with E-state index in [2.05, 4.69) is 5.32 Å². The molecule has 19 heavy (non-hydrogen) atoms. The third-order valence-electron chi connectivity index (χ3n) is 2.70. The molecule has 0 aliphatic rings. The van der Waals surface area contributed by atoms with E-state index < -0.39 is 5.97 Å². The van der Waals surface area contributed by atoms with Crippen LogP contribution >= 0.6 is 11.3 Å². The molecule has 1 amide bonds. The lowest BCUT2D eigenvalue weighted by atomic mass is 10.1. The lowest BCUT2D eigenvalue weighted by Crippen LogP contribution is -2.39. The van der Waals surface area contributed by atoms with Crippen molar-refractivity contribution in [2.75, 3.05) is 0 Å². The fraction of sp³-hybridized carbons (Fsp3) is 0.583. The molecule has 0 aliphatic carbocycles. The average Bonchev–Trinajstić information content (AvgIpc) is 2.60. The second-order valence-corrected chi connectivity index (χ2v) is 5.20. The number of carbonyl (C=O) groups excluding carboxylic acids is 1. The fourth-order valence-corrected chi connectivity index (χ4v) is 2.53. The summed E-state index contributed by atoms with van der Waals surface area (Å²) in [5.41, 5.74) is 0.732. The number of amides is 1. The molecular weight excluding hydrogens is 268 g/mol. The van der Waals surface area contributed by atoms with Gasteiger partial charge in [-0.2, -0.15) is 0 Å². The molecule has 2 N–H and O–H groups in total. The topological polar surface area (TPSA) is 88.4 Å². The summed E-state index contributed by atoms with van der Waals surface area (Å²) in [7, 11) is 0. The number of hydrogen-bond acceptors (Lipinski definition) is 4. The van der Waals surface area contributed by atoms with Crippen LogP contribution in [0.5, 0.6) is 0 Å². The highest BCUT2D eigenvalue weighted by Gasteiger charge is 2.16. The Labute approximate surface area is 115 Å². The Kier molecular flexibility index (Phi) is 5.75. The highest BCUT2D eigenvalue weighted by Crippen LogP contribution is 2.03. The van der Waals surface area contributed by atoms with Gasteiger partial charge in [-0.15, -0.1) is 0 Å². The van der Waals surface area contributed by atoms with E-state index in [0.29, 0.717) is 6.42 Å². The molecule has 0 aliphatic heterocycles. The number of carboxylic acid groups (broad SMARTS) is 1. The van der Waals surface area contributed by atoms with Crippen molar-refractivity contribution in [3.63, 3.8) is 0 Å². The van der Waals surface area contributed by atoms with Crippen molar-refractivity contribution >= 4 is 23.2 Å². The van der Waals surface area contributed by atoms with Crippen LogP contribution < -0.4 is 10.2 Å². The minimum Gasteiger partial charge on any atom is -0.481 e. The highest BCUT2D eigenvalue weighted by atomic mass is 32.1. The Morgan fingerprint density at radius 2 is 2.21 bits per heavy atom. The maximum atomic E-state index is 11.8. The zero-order valence-corrected chi connectivity index (χ0v) is 11.8. The molecule has 0 saturated heterocycles. The Morgan fingerprint density at radius 1 is 1.53 bits per heavy atom. The van der Waals surface area contributed by atoms with E-state index >= 15 is 0 Å². The van der Waals surface area contributed by atoms with Gasteiger partial charge in [0, 0.05) is 17.1 Å². The normalized spacial score (nSPS) is 12.1. The van der Waals surface area contributed by atoms with E-state index in [9.17, 15) is 14.4 Å². The highest BCUT2D eigenvalue weighted by molar-refractivity contribution is 7.07. The summed E-state index contributed by atoms with van der Waals surface area (Å²) in [6, 6.07) is -0.385. The van der Waals surface area contributed by atoms with Crippen molar-refractivity contribution in [2.24, 2.45) is 0 Å². The van der Waals surface area contributed by atoms with Crippen LogP contribution in [-0.2, 0) is 16.1 Å². The molecule has 0 aromatic carbocycles. The molecule has 0 saturated carbocycles. The van der Waals surface area contributed by atoms with Crippen molar-refractivity contribution in [1.29, 1.82) is 0 Å². The van der Waals surface area contributed by atoms with E-state index in [-0.39, 0.29) is 29.8 Å². The molecule has 1 aromatic heterocycles. The SMILES string of the molecule is CCCC(CC(=O)O)NC(=O)Cn1c(C)csc1=O. The first-order valence-corrected chi connectivity index (χ1v) is 6.98. The lowest BCUT2D eigenvalue weighted by molar-refractivity contribution is -0.137. The van der Waals surface area contributed by atoms with E-state index in [1.165, 1.54) is 4.57 Å². The van der Waals surface area contributed by atoms with Crippen LogP contribution in [0.1, 0.15) is 31.9 Å². The summed E-state index contributed by atoms with van der Waals surface area (Å²) in [5, 5.41) is 13.1. The largest absolute Gasteiger partial charge is 0.481 e. The van der Waals surface area contributed by atoms with Gasteiger partial charge in [0.15, 0.2) is 0 Å². The molecule has 7 heteroatoms. The number of nitrogens with one attached hydrogen (secondary N) is 1. The van der Waals surface area contributed by atoms with Gasteiger partial charge in [-0.1, -0.05) is 24.7 Å². The number of carbonyl (C=O) groups is 2. The fourth-order valence-electron chi connectivity index (χ4n) is 1.80. The molecule has 0 spiro atoms. The Morgan fingerprint density at radius 3 is 2.68 bits per heavy atom. The average molecular weight is 286 g/mol. The first-order chi connectivity index (χ1) is 8.93. The molecular formula is C12H18N2O4S. The molecule has 106 valence electrons. The van der Waals surface area contributed by atoms with Gasteiger partial charge in [-0.05, 0) is 13.3 Å². The van der Waals surface area contributed by atoms with Crippen LogP contribution in [0.2, 0.25) is 0 Å². The molecule has 1 unspecified atom stereocenters. The van der Waals surface area contributed by atoms with Crippen LogP contribution in [-0.4, -0.2) is 27.6 Å². The zero-order chi connectivity index (χ0) is 14.4. The molecule has 0 radical (unpaired) electrons. The van der Waals surface area contributed by atoms with E-state index in [1.54, 1.807) is 12.3 Å². The van der Waals surface area contributed by atoms with Crippen LogP contribution in [0.4, 0.5) is 0 Å². The van der Waals surface area contributed by atoms with Crippen molar-refractivity contribution < 1.29 is 14.7 Å². The predicted molar refractivity (Wildman–Crippen MR) is 72.4 cm³/mol. The number of aromatic nitrogens is 1. The summed E-state index contributed by atoms with van der Waals surface area (Å²) in [6.45, 7) is 3.62. The maximum absolute atomic E-state index is 11.8. The first-order valence-electron chi connectivity index (χ1n) is 6.10. The van der Waals surface area contributed by atoms with Gasteiger partial charge in [0.2, 0.25) is 5.91 Å². The van der Waals surface area contributed by atoms with Crippen LogP contribution in [0.25, 0.3) is 0 Å². The van der Waals surface area contributed by atoms with Crippen LogP contribution in [0, 0.1) is 6.92 Å². The Hall–Kier alpha value is -1.63. The van der Waals surface area contributed by atoms with Crippen LogP contribution in [0.3, 0.4) is 0 Å². The van der Waals surface area contributed by atoms with Crippen molar-refractivity contribution in [1.82, 2.24) is 9.88 Å². The zero-order valence-electron chi connectivity index (χ0n) is 11.0. The van der Waals surface area contributed by atoms with Crippen molar-refractivity contribution in [2.45, 2.75) is 45.7 Å². The minimum absolute atomic E-state index is 0.0615. The summed E-state index contributed by atoms with van der Waals surface area (Å²) in [6.07, 6.45) is 1.29. The molecule has 1 atom stereocenters. The van der Waals surface area contributed by atoms with Gasteiger partial charge in [0.05, 0.1) is 6.42 Å². The van der Waals surface area contributed by atoms with Gasteiger partial charge >= 0.3 is 10.8 Å². The Balaban J connectivity index is 2.62. The maximum Gasteiger partial charge on any atom is 0.307 e. The number of carboxylic acids is 1. The summed E-state index contributed by atoms with van der Waals surface area (Å²) in [5.74, 6) is -1.27.